The first kappa shape index (κ1) is 23.0. The van der Waals surface area contributed by atoms with Crippen LogP contribution in [-0.2, 0) is 9.53 Å². The van der Waals surface area contributed by atoms with Crippen LogP contribution in [0.1, 0.15) is 37.7 Å². The molecule has 0 saturated carbocycles. The molecular weight excluding hydrogens is 429 g/mol. The number of nitrogens with one attached hydrogen (secondary N) is 3. The molecule has 3 amide bonds. The lowest BCUT2D eigenvalue weighted by Gasteiger charge is -2.37. The van der Waals surface area contributed by atoms with Gasteiger partial charge in [0.2, 0.25) is 5.91 Å². The van der Waals surface area contributed by atoms with Crippen molar-refractivity contribution in [2.75, 3.05) is 23.8 Å². The van der Waals surface area contributed by atoms with E-state index in [0.29, 0.717) is 24.4 Å². The standard InChI is InChI=1S/C24H28FN3O5/c1-2-9-26-22(30)12-15-11-17-16-10-14(7-8-20(16)33-23(17)21(13-29)32-15)27-24(31)28-19-6-4-3-5-18(19)25/h3-8,10,15,17,21,23,29H,2,9,11-13H2,1H3,(H,26,30)(H2,27,28,31)/t15-,17-,21+,23+/m0/s1. The van der Waals surface area contributed by atoms with Crippen molar-refractivity contribution < 1.29 is 28.6 Å². The van der Waals surface area contributed by atoms with E-state index in [1.807, 2.05) is 13.0 Å². The Bertz CT molecular complexity index is 1020. The summed E-state index contributed by atoms with van der Waals surface area (Å²) in [5.41, 5.74) is 1.49. The molecule has 2 aromatic rings. The highest BCUT2D eigenvalue weighted by atomic mass is 19.1. The van der Waals surface area contributed by atoms with Crippen LogP contribution < -0.4 is 20.7 Å². The SMILES string of the molecule is CCCNC(=O)C[C@@H]1C[C@H]2c3cc(NC(=O)Nc4ccccc4F)ccc3O[C@H]2[C@@H](CO)O1. The Morgan fingerprint density at radius 1 is 1.18 bits per heavy atom. The lowest BCUT2D eigenvalue weighted by molar-refractivity contribution is -0.142. The number of carbonyl (C=O) groups is 2. The zero-order valence-corrected chi connectivity index (χ0v) is 18.3. The van der Waals surface area contributed by atoms with Crippen molar-refractivity contribution in [1.82, 2.24) is 5.32 Å². The van der Waals surface area contributed by atoms with Crippen LogP contribution in [0.5, 0.6) is 5.75 Å². The van der Waals surface area contributed by atoms with Crippen molar-refractivity contribution in [2.45, 2.75) is 50.4 Å². The molecule has 0 unspecified atom stereocenters. The number of fused-ring (bicyclic) bond motifs is 3. The van der Waals surface area contributed by atoms with Gasteiger partial charge in [-0.2, -0.15) is 0 Å². The quantitative estimate of drug-likeness (QED) is 0.510. The Kier molecular flexibility index (Phi) is 7.10. The monoisotopic (exact) mass is 457 g/mol. The van der Waals surface area contributed by atoms with Crippen molar-refractivity contribution in [3.05, 3.63) is 53.8 Å². The molecule has 2 heterocycles. The van der Waals surface area contributed by atoms with E-state index in [1.165, 1.54) is 12.1 Å². The van der Waals surface area contributed by atoms with Gasteiger partial charge in [-0.05, 0) is 43.2 Å². The fraction of sp³-hybridized carbons (Fsp3) is 0.417. The second kappa shape index (κ2) is 10.2. The summed E-state index contributed by atoms with van der Waals surface area (Å²) >= 11 is 0. The molecule has 8 nitrogen and oxygen atoms in total. The van der Waals surface area contributed by atoms with Crippen LogP contribution in [0.4, 0.5) is 20.6 Å². The van der Waals surface area contributed by atoms with Crippen LogP contribution >= 0.6 is 0 Å². The lowest BCUT2D eigenvalue weighted by Crippen LogP contribution is -2.47. The number of aliphatic hydroxyl groups excluding tert-OH is 1. The number of ether oxygens (including phenoxy) is 2. The van der Waals surface area contributed by atoms with Crippen molar-refractivity contribution in [3.63, 3.8) is 0 Å². The van der Waals surface area contributed by atoms with Crippen molar-refractivity contribution in [2.24, 2.45) is 0 Å². The average Bonchev–Trinajstić information content (AvgIpc) is 3.16. The highest BCUT2D eigenvalue weighted by Gasteiger charge is 2.46. The summed E-state index contributed by atoms with van der Waals surface area (Å²) in [4.78, 5) is 24.5. The number of hydrogen-bond acceptors (Lipinski definition) is 5. The van der Waals surface area contributed by atoms with Gasteiger partial charge < -0.3 is 30.5 Å². The number of amides is 3. The van der Waals surface area contributed by atoms with E-state index >= 15 is 0 Å². The number of urea groups is 1. The van der Waals surface area contributed by atoms with Crippen LogP contribution in [0.25, 0.3) is 0 Å². The Morgan fingerprint density at radius 3 is 2.76 bits per heavy atom. The van der Waals surface area contributed by atoms with E-state index in [0.717, 1.165) is 12.0 Å². The first-order valence-electron chi connectivity index (χ1n) is 11.1. The summed E-state index contributed by atoms with van der Waals surface area (Å²) in [6.45, 7) is 2.37. The van der Waals surface area contributed by atoms with Crippen molar-refractivity contribution >= 4 is 23.3 Å². The molecule has 1 saturated heterocycles. The summed E-state index contributed by atoms with van der Waals surface area (Å²) in [6.07, 6.45) is 0.332. The fourth-order valence-electron chi connectivity index (χ4n) is 4.36. The van der Waals surface area contributed by atoms with Crippen LogP contribution in [0.3, 0.4) is 0 Å². The van der Waals surface area contributed by atoms with Gasteiger partial charge in [0.15, 0.2) is 0 Å². The summed E-state index contributed by atoms with van der Waals surface area (Å²) in [7, 11) is 0. The molecule has 2 aromatic carbocycles. The van der Waals surface area contributed by atoms with Gasteiger partial charge in [-0.3, -0.25) is 4.79 Å². The van der Waals surface area contributed by atoms with Gasteiger partial charge in [0.1, 0.15) is 23.8 Å². The number of anilines is 2. The molecule has 0 aliphatic carbocycles. The number of carbonyl (C=O) groups excluding carboxylic acids is 2. The molecule has 1 fully saturated rings. The molecule has 176 valence electrons. The first-order valence-corrected chi connectivity index (χ1v) is 11.1. The number of halogens is 1. The molecule has 33 heavy (non-hydrogen) atoms. The molecule has 2 aliphatic heterocycles. The van der Waals surface area contributed by atoms with Crippen molar-refractivity contribution in [1.29, 1.82) is 0 Å². The minimum atomic E-state index is -0.568. The van der Waals surface area contributed by atoms with Gasteiger partial charge in [0.05, 0.1) is 24.8 Å². The number of aliphatic hydroxyl groups is 1. The highest BCUT2D eigenvalue weighted by Crippen LogP contribution is 2.47. The van der Waals surface area contributed by atoms with Gasteiger partial charge in [0, 0.05) is 23.7 Å². The number of hydrogen-bond donors (Lipinski definition) is 4. The van der Waals surface area contributed by atoms with E-state index in [-0.39, 0.29) is 42.7 Å². The molecular formula is C24H28FN3O5. The smallest absolute Gasteiger partial charge is 0.323 e. The minimum Gasteiger partial charge on any atom is -0.487 e. The molecule has 4 rings (SSSR count). The number of rotatable bonds is 7. The second-order valence-corrected chi connectivity index (χ2v) is 8.27. The van der Waals surface area contributed by atoms with Crippen LogP contribution in [-0.4, -0.2) is 48.5 Å². The topological polar surface area (TPSA) is 109 Å². The molecule has 2 aliphatic rings. The van der Waals surface area contributed by atoms with Gasteiger partial charge in [0.25, 0.3) is 0 Å². The molecule has 0 spiro atoms. The zero-order chi connectivity index (χ0) is 23.4. The van der Waals surface area contributed by atoms with Gasteiger partial charge >= 0.3 is 6.03 Å². The molecule has 9 heteroatoms. The molecule has 4 atom stereocenters. The fourth-order valence-corrected chi connectivity index (χ4v) is 4.36. The Labute approximate surface area is 191 Å². The van der Waals surface area contributed by atoms with E-state index < -0.39 is 18.0 Å². The highest BCUT2D eigenvalue weighted by molar-refractivity contribution is 5.99. The maximum absolute atomic E-state index is 13.8. The molecule has 0 aromatic heterocycles. The number of benzene rings is 2. The van der Waals surface area contributed by atoms with Gasteiger partial charge in [-0.1, -0.05) is 19.1 Å². The maximum Gasteiger partial charge on any atom is 0.323 e. The third-order valence-electron chi connectivity index (χ3n) is 5.86. The van der Waals surface area contributed by atoms with E-state index in [1.54, 1.807) is 24.3 Å². The predicted molar refractivity (Wildman–Crippen MR) is 121 cm³/mol. The third kappa shape index (κ3) is 5.26. The van der Waals surface area contributed by atoms with E-state index in [9.17, 15) is 19.1 Å². The first-order chi connectivity index (χ1) is 16.0. The third-order valence-corrected chi connectivity index (χ3v) is 5.86. The zero-order valence-electron chi connectivity index (χ0n) is 18.3. The van der Waals surface area contributed by atoms with Crippen LogP contribution in [0.15, 0.2) is 42.5 Å². The molecule has 0 bridgehead atoms. The Hall–Kier alpha value is -3.17. The summed E-state index contributed by atoms with van der Waals surface area (Å²) in [6, 6.07) is 10.6. The summed E-state index contributed by atoms with van der Waals surface area (Å²) in [5, 5.41) is 17.9. The number of para-hydroxylation sites is 1. The van der Waals surface area contributed by atoms with Gasteiger partial charge in [-0.15, -0.1) is 0 Å². The molecule has 4 N–H and O–H groups in total. The lowest BCUT2D eigenvalue weighted by atomic mass is 9.84. The minimum absolute atomic E-state index is 0.0824. The summed E-state index contributed by atoms with van der Waals surface area (Å²) < 4.78 is 25.8. The average molecular weight is 458 g/mol. The predicted octanol–water partition coefficient (Wildman–Crippen LogP) is 3.38. The Morgan fingerprint density at radius 2 is 2.00 bits per heavy atom. The van der Waals surface area contributed by atoms with Crippen LogP contribution in [0, 0.1) is 5.82 Å². The largest absolute Gasteiger partial charge is 0.487 e. The summed E-state index contributed by atoms with van der Waals surface area (Å²) in [5.74, 6) is -0.0464. The second-order valence-electron chi connectivity index (χ2n) is 8.27. The maximum atomic E-state index is 13.8. The normalized spacial score (nSPS) is 23.1. The Balaban J connectivity index is 1.46. The van der Waals surface area contributed by atoms with Crippen LogP contribution in [0.2, 0.25) is 0 Å². The van der Waals surface area contributed by atoms with Gasteiger partial charge in [-0.25, -0.2) is 9.18 Å². The van der Waals surface area contributed by atoms with E-state index in [4.69, 9.17) is 9.47 Å². The van der Waals surface area contributed by atoms with Crippen molar-refractivity contribution in [3.8, 4) is 5.75 Å². The molecule has 0 radical (unpaired) electrons. The van der Waals surface area contributed by atoms with E-state index in [2.05, 4.69) is 16.0 Å².